The standard InChI is InChI=1S/C21H27ClN2O4S/c1-29(25,26)23-13-3-15-24-14-2-4-18(24)16-27-19-9-11-21(12-10-19)28-20-7-5-17(22)6-8-20/h5-12,18,23H,2-4,13-16H2,1H3. The first-order chi connectivity index (χ1) is 13.9. The van der Waals surface area contributed by atoms with Crippen LogP contribution in [0.4, 0.5) is 0 Å². The Balaban J connectivity index is 1.43. The zero-order chi connectivity index (χ0) is 20.7. The van der Waals surface area contributed by atoms with Crippen molar-refractivity contribution in [1.29, 1.82) is 0 Å². The van der Waals surface area contributed by atoms with E-state index in [1.807, 2.05) is 36.4 Å². The number of halogens is 1. The number of ether oxygens (including phenoxy) is 2. The van der Waals surface area contributed by atoms with Crippen LogP contribution in [0.3, 0.4) is 0 Å². The largest absolute Gasteiger partial charge is 0.492 e. The second-order valence-corrected chi connectivity index (χ2v) is 9.46. The first kappa shape index (κ1) is 21.9. The van der Waals surface area contributed by atoms with Crippen LogP contribution in [-0.2, 0) is 10.0 Å². The van der Waals surface area contributed by atoms with Gasteiger partial charge in [-0.3, -0.25) is 4.90 Å². The smallest absolute Gasteiger partial charge is 0.208 e. The van der Waals surface area contributed by atoms with Gasteiger partial charge in [0.25, 0.3) is 0 Å². The molecule has 0 saturated carbocycles. The second-order valence-electron chi connectivity index (χ2n) is 7.19. The summed E-state index contributed by atoms with van der Waals surface area (Å²) in [5, 5.41) is 0.675. The third kappa shape index (κ3) is 7.51. The molecule has 0 amide bonds. The van der Waals surface area contributed by atoms with Crippen LogP contribution in [0.5, 0.6) is 17.2 Å². The molecule has 29 heavy (non-hydrogen) atoms. The van der Waals surface area contributed by atoms with E-state index in [0.29, 0.717) is 24.2 Å². The molecule has 1 heterocycles. The fraction of sp³-hybridized carbons (Fsp3) is 0.429. The third-order valence-corrected chi connectivity index (χ3v) is 5.78. The number of hydrogen-bond acceptors (Lipinski definition) is 5. The lowest BCUT2D eigenvalue weighted by atomic mass is 10.2. The molecule has 0 aliphatic carbocycles. The van der Waals surface area contributed by atoms with E-state index in [1.54, 1.807) is 12.1 Å². The quantitative estimate of drug-likeness (QED) is 0.569. The summed E-state index contributed by atoms with van der Waals surface area (Å²) in [4.78, 5) is 2.38. The number of benzene rings is 2. The van der Waals surface area contributed by atoms with E-state index in [0.717, 1.165) is 49.6 Å². The van der Waals surface area contributed by atoms with Gasteiger partial charge in [0.2, 0.25) is 10.0 Å². The Morgan fingerprint density at radius 1 is 1.07 bits per heavy atom. The summed E-state index contributed by atoms with van der Waals surface area (Å²) in [5.41, 5.74) is 0. The van der Waals surface area contributed by atoms with Crippen LogP contribution < -0.4 is 14.2 Å². The molecule has 1 N–H and O–H groups in total. The Labute approximate surface area is 177 Å². The summed E-state index contributed by atoms with van der Waals surface area (Å²) in [6.07, 6.45) is 4.21. The van der Waals surface area contributed by atoms with Crippen LogP contribution in [-0.4, -0.2) is 51.9 Å². The third-order valence-electron chi connectivity index (χ3n) is 4.80. The van der Waals surface area contributed by atoms with Crippen molar-refractivity contribution < 1.29 is 17.9 Å². The van der Waals surface area contributed by atoms with Crippen LogP contribution in [0.2, 0.25) is 5.02 Å². The van der Waals surface area contributed by atoms with Crippen LogP contribution in [0.15, 0.2) is 48.5 Å². The van der Waals surface area contributed by atoms with Gasteiger partial charge in [-0.2, -0.15) is 0 Å². The number of nitrogens with one attached hydrogen (secondary N) is 1. The topological polar surface area (TPSA) is 67.9 Å². The molecule has 0 spiro atoms. The molecule has 2 aromatic carbocycles. The highest BCUT2D eigenvalue weighted by molar-refractivity contribution is 7.88. The maximum atomic E-state index is 11.1. The molecule has 1 aliphatic heterocycles. The Bertz CT molecular complexity index is 873. The molecule has 2 aromatic rings. The van der Waals surface area contributed by atoms with E-state index in [9.17, 15) is 8.42 Å². The Kier molecular flexibility index (Phi) is 7.77. The van der Waals surface area contributed by atoms with Gasteiger partial charge in [0, 0.05) is 17.6 Å². The number of rotatable bonds is 10. The first-order valence-electron chi connectivity index (χ1n) is 9.74. The average molecular weight is 439 g/mol. The van der Waals surface area contributed by atoms with Gasteiger partial charge < -0.3 is 9.47 Å². The van der Waals surface area contributed by atoms with Crippen LogP contribution in [0.1, 0.15) is 19.3 Å². The van der Waals surface area contributed by atoms with Crippen molar-refractivity contribution in [2.45, 2.75) is 25.3 Å². The highest BCUT2D eigenvalue weighted by Gasteiger charge is 2.24. The molecule has 6 nitrogen and oxygen atoms in total. The van der Waals surface area contributed by atoms with Crippen molar-refractivity contribution in [2.75, 3.05) is 32.5 Å². The fourth-order valence-electron chi connectivity index (χ4n) is 3.35. The van der Waals surface area contributed by atoms with Gasteiger partial charge in [-0.25, -0.2) is 13.1 Å². The van der Waals surface area contributed by atoms with E-state index in [1.165, 1.54) is 6.26 Å². The number of hydrogen-bond donors (Lipinski definition) is 1. The molecule has 1 unspecified atom stereocenters. The van der Waals surface area contributed by atoms with Crippen molar-refractivity contribution in [1.82, 2.24) is 9.62 Å². The van der Waals surface area contributed by atoms with Gasteiger partial charge in [0.15, 0.2) is 0 Å². The zero-order valence-corrected chi connectivity index (χ0v) is 18.1. The lowest BCUT2D eigenvalue weighted by molar-refractivity contribution is 0.172. The number of sulfonamides is 1. The molecule has 0 bridgehead atoms. The van der Waals surface area contributed by atoms with E-state index < -0.39 is 10.0 Å². The molecule has 1 aliphatic rings. The molecule has 8 heteroatoms. The summed E-state index contributed by atoms with van der Waals surface area (Å²) in [7, 11) is -3.11. The maximum absolute atomic E-state index is 11.1. The SMILES string of the molecule is CS(=O)(=O)NCCCN1CCCC1COc1ccc(Oc2ccc(Cl)cc2)cc1. The van der Waals surface area contributed by atoms with Gasteiger partial charge in [-0.15, -0.1) is 0 Å². The highest BCUT2D eigenvalue weighted by Crippen LogP contribution is 2.26. The molecule has 1 fully saturated rings. The summed E-state index contributed by atoms with van der Waals surface area (Å²) in [6.45, 7) is 2.99. The highest BCUT2D eigenvalue weighted by atomic mass is 35.5. The van der Waals surface area contributed by atoms with Gasteiger partial charge in [-0.1, -0.05) is 11.6 Å². The fourth-order valence-corrected chi connectivity index (χ4v) is 3.99. The van der Waals surface area contributed by atoms with Crippen molar-refractivity contribution in [3.8, 4) is 17.2 Å². The predicted octanol–water partition coefficient (Wildman–Crippen LogP) is 3.91. The van der Waals surface area contributed by atoms with E-state index in [-0.39, 0.29) is 0 Å². The number of likely N-dealkylation sites (tertiary alicyclic amines) is 1. The lowest BCUT2D eigenvalue weighted by Crippen LogP contribution is -2.36. The van der Waals surface area contributed by atoms with Crippen molar-refractivity contribution in [2.24, 2.45) is 0 Å². The van der Waals surface area contributed by atoms with Crippen LogP contribution in [0.25, 0.3) is 0 Å². The maximum Gasteiger partial charge on any atom is 0.208 e. The second kappa shape index (κ2) is 10.3. The van der Waals surface area contributed by atoms with Crippen LogP contribution in [0, 0.1) is 0 Å². The average Bonchev–Trinajstić information content (AvgIpc) is 3.13. The molecule has 158 valence electrons. The minimum absolute atomic E-state index is 0.359. The van der Waals surface area contributed by atoms with Gasteiger partial charge in [-0.05, 0) is 80.9 Å². The molecule has 0 aromatic heterocycles. The monoisotopic (exact) mass is 438 g/mol. The van der Waals surface area contributed by atoms with Gasteiger partial charge >= 0.3 is 0 Å². The van der Waals surface area contributed by atoms with E-state index >= 15 is 0 Å². The molecule has 3 rings (SSSR count). The Morgan fingerprint density at radius 3 is 2.34 bits per heavy atom. The summed E-state index contributed by atoms with van der Waals surface area (Å²) in [5.74, 6) is 2.27. The molecule has 1 atom stereocenters. The first-order valence-corrected chi connectivity index (χ1v) is 12.0. The minimum atomic E-state index is -3.11. The van der Waals surface area contributed by atoms with Crippen LogP contribution >= 0.6 is 11.6 Å². The summed E-state index contributed by atoms with van der Waals surface area (Å²) >= 11 is 5.88. The van der Waals surface area contributed by atoms with Crippen molar-refractivity contribution >= 4 is 21.6 Å². The van der Waals surface area contributed by atoms with E-state index in [4.69, 9.17) is 21.1 Å². The van der Waals surface area contributed by atoms with E-state index in [2.05, 4.69) is 9.62 Å². The zero-order valence-electron chi connectivity index (χ0n) is 16.5. The Morgan fingerprint density at radius 2 is 1.69 bits per heavy atom. The normalized spacial score (nSPS) is 17.4. The summed E-state index contributed by atoms with van der Waals surface area (Å²) in [6, 6.07) is 15.2. The molecule has 0 radical (unpaired) electrons. The Hall–Kier alpha value is -1.80. The van der Waals surface area contributed by atoms with Gasteiger partial charge in [0.1, 0.15) is 23.9 Å². The molecular weight excluding hydrogens is 412 g/mol. The number of nitrogens with zero attached hydrogens (tertiary/aromatic N) is 1. The minimum Gasteiger partial charge on any atom is -0.492 e. The molecular formula is C21H27ClN2O4S. The summed E-state index contributed by atoms with van der Waals surface area (Å²) < 4.78 is 36.6. The van der Waals surface area contributed by atoms with Crippen molar-refractivity contribution in [3.05, 3.63) is 53.6 Å². The van der Waals surface area contributed by atoms with Crippen molar-refractivity contribution in [3.63, 3.8) is 0 Å². The predicted molar refractivity (Wildman–Crippen MR) is 116 cm³/mol. The molecule has 1 saturated heterocycles. The van der Waals surface area contributed by atoms with Gasteiger partial charge in [0.05, 0.1) is 6.26 Å². The lowest BCUT2D eigenvalue weighted by Gasteiger charge is -2.24.